The van der Waals surface area contributed by atoms with Gasteiger partial charge in [0.25, 0.3) is 0 Å². The summed E-state index contributed by atoms with van der Waals surface area (Å²) in [6.07, 6.45) is 0. The predicted molar refractivity (Wildman–Crippen MR) is 94.1 cm³/mol. The van der Waals surface area contributed by atoms with E-state index in [0.717, 1.165) is 0 Å². The molecule has 9 heteroatoms. The second-order valence-electron chi connectivity index (χ2n) is 4.32. The van der Waals surface area contributed by atoms with E-state index in [1.807, 2.05) is 13.0 Å². The monoisotopic (exact) mass is 441 g/mol. The first-order chi connectivity index (χ1) is 10.9. The number of nitriles is 1. The number of nitrogen functional groups attached to an aromatic ring is 2. The highest BCUT2D eigenvalue weighted by Gasteiger charge is 2.22. The third-order valence-corrected chi connectivity index (χ3v) is 5.07. The SMILES string of the molecule is CCOc1cc(-c2nc(N)nc(N)c2C#N)c(Br)c(Br)c1OC. The molecule has 4 N–H and O–H groups in total. The molecular formula is C14H13Br2N5O2. The normalized spacial score (nSPS) is 10.2. The van der Waals surface area contributed by atoms with E-state index in [9.17, 15) is 5.26 Å². The smallest absolute Gasteiger partial charge is 0.222 e. The first-order valence-corrected chi connectivity index (χ1v) is 8.05. The number of halogens is 2. The van der Waals surface area contributed by atoms with Crippen LogP contribution in [0, 0.1) is 11.3 Å². The van der Waals surface area contributed by atoms with Gasteiger partial charge in [-0.1, -0.05) is 0 Å². The van der Waals surface area contributed by atoms with E-state index >= 15 is 0 Å². The summed E-state index contributed by atoms with van der Waals surface area (Å²) in [6, 6.07) is 3.71. The molecule has 1 aromatic carbocycles. The van der Waals surface area contributed by atoms with Crippen LogP contribution in [0.1, 0.15) is 12.5 Å². The summed E-state index contributed by atoms with van der Waals surface area (Å²) < 4.78 is 12.2. The Labute approximate surface area is 149 Å². The minimum absolute atomic E-state index is 0.0201. The van der Waals surface area contributed by atoms with Crippen molar-refractivity contribution in [3.05, 3.63) is 20.6 Å². The molecule has 0 aliphatic carbocycles. The molecule has 0 bridgehead atoms. The van der Waals surface area contributed by atoms with E-state index in [1.54, 1.807) is 6.07 Å². The lowest BCUT2D eigenvalue weighted by Gasteiger charge is -2.16. The molecule has 0 fully saturated rings. The van der Waals surface area contributed by atoms with E-state index in [0.29, 0.717) is 38.3 Å². The van der Waals surface area contributed by atoms with Gasteiger partial charge in [0.05, 0.1) is 23.9 Å². The Hall–Kier alpha value is -2.05. The number of methoxy groups -OCH3 is 1. The molecule has 0 spiro atoms. The summed E-state index contributed by atoms with van der Waals surface area (Å²) >= 11 is 6.92. The third-order valence-electron chi connectivity index (χ3n) is 2.95. The van der Waals surface area contributed by atoms with Gasteiger partial charge < -0.3 is 20.9 Å². The minimum atomic E-state index is -0.0201. The molecule has 0 aliphatic rings. The quantitative estimate of drug-likeness (QED) is 0.745. The number of anilines is 2. The Morgan fingerprint density at radius 1 is 1.26 bits per heavy atom. The van der Waals surface area contributed by atoms with Gasteiger partial charge in [-0.3, -0.25) is 0 Å². The molecule has 120 valence electrons. The van der Waals surface area contributed by atoms with Crippen LogP contribution in [0.4, 0.5) is 11.8 Å². The lowest BCUT2D eigenvalue weighted by Crippen LogP contribution is -2.06. The molecule has 0 radical (unpaired) electrons. The summed E-state index contributed by atoms with van der Waals surface area (Å²) in [5, 5.41) is 9.35. The summed E-state index contributed by atoms with van der Waals surface area (Å²) in [7, 11) is 1.54. The lowest BCUT2D eigenvalue weighted by atomic mass is 10.1. The number of benzene rings is 1. The number of rotatable bonds is 4. The van der Waals surface area contributed by atoms with Gasteiger partial charge in [-0.05, 0) is 44.8 Å². The van der Waals surface area contributed by atoms with Gasteiger partial charge in [0.15, 0.2) is 11.5 Å². The van der Waals surface area contributed by atoms with Crippen LogP contribution < -0.4 is 20.9 Å². The summed E-state index contributed by atoms with van der Waals surface area (Å²) in [6.45, 7) is 2.31. The van der Waals surface area contributed by atoms with E-state index < -0.39 is 0 Å². The standard InChI is InChI=1S/C14H13Br2N5O2/c1-3-23-8-4-6(9(15)10(16)12(8)22-2)11-7(5-17)13(18)21-14(19)20-11/h4H,3H2,1-2H3,(H4,18,19,20,21). The fraction of sp³-hybridized carbons (Fsp3) is 0.214. The summed E-state index contributed by atoms with van der Waals surface area (Å²) in [5.41, 5.74) is 12.5. The second kappa shape index (κ2) is 7.02. The Morgan fingerprint density at radius 3 is 2.52 bits per heavy atom. The van der Waals surface area contributed by atoms with Crippen molar-refractivity contribution in [1.29, 1.82) is 5.26 Å². The molecule has 0 saturated carbocycles. The van der Waals surface area contributed by atoms with E-state index in [-0.39, 0.29) is 17.3 Å². The van der Waals surface area contributed by atoms with Gasteiger partial charge in [-0.25, -0.2) is 4.98 Å². The van der Waals surface area contributed by atoms with Crippen molar-refractivity contribution >= 4 is 43.6 Å². The largest absolute Gasteiger partial charge is 0.492 e. The van der Waals surface area contributed by atoms with E-state index in [2.05, 4.69) is 41.8 Å². The lowest BCUT2D eigenvalue weighted by molar-refractivity contribution is 0.310. The highest BCUT2D eigenvalue weighted by atomic mass is 79.9. The molecule has 23 heavy (non-hydrogen) atoms. The van der Waals surface area contributed by atoms with Crippen LogP contribution in [-0.4, -0.2) is 23.7 Å². The van der Waals surface area contributed by atoms with Gasteiger partial charge in [-0.2, -0.15) is 10.2 Å². The Bertz CT molecular complexity index is 805. The summed E-state index contributed by atoms with van der Waals surface area (Å²) in [4.78, 5) is 7.96. The van der Waals surface area contributed by atoms with Crippen molar-refractivity contribution in [1.82, 2.24) is 9.97 Å². The second-order valence-corrected chi connectivity index (χ2v) is 5.90. The molecule has 0 amide bonds. The Kier molecular flexibility index (Phi) is 5.28. The number of hydrogen-bond donors (Lipinski definition) is 2. The zero-order chi connectivity index (χ0) is 17.1. The molecule has 0 unspecified atom stereocenters. The van der Waals surface area contributed by atoms with Crippen LogP contribution in [-0.2, 0) is 0 Å². The Balaban J connectivity index is 2.82. The van der Waals surface area contributed by atoms with Crippen molar-refractivity contribution in [2.45, 2.75) is 6.92 Å². The highest BCUT2D eigenvalue weighted by Crippen LogP contribution is 2.46. The van der Waals surface area contributed by atoms with Crippen molar-refractivity contribution < 1.29 is 9.47 Å². The fourth-order valence-corrected chi connectivity index (χ4v) is 3.07. The first-order valence-electron chi connectivity index (χ1n) is 6.46. The molecule has 1 heterocycles. The van der Waals surface area contributed by atoms with Crippen LogP contribution in [0.5, 0.6) is 11.5 Å². The van der Waals surface area contributed by atoms with Gasteiger partial charge >= 0.3 is 0 Å². The number of nitrogens with zero attached hydrogens (tertiary/aromatic N) is 3. The van der Waals surface area contributed by atoms with Crippen LogP contribution in [0.2, 0.25) is 0 Å². The summed E-state index contributed by atoms with van der Waals surface area (Å²) in [5.74, 6) is 1.02. The number of aromatic nitrogens is 2. The Morgan fingerprint density at radius 2 is 1.96 bits per heavy atom. The molecule has 0 atom stereocenters. The molecule has 0 saturated heterocycles. The number of hydrogen-bond acceptors (Lipinski definition) is 7. The van der Waals surface area contributed by atoms with Crippen molar-refractivity contribution in [2.75, 3.05) is 25.2 Å². The van der Waals surface area contributed by atoms with Crippen molar-refractivity contribution in [2.24, 2.45) is 0 Å². The van der Waals surface area contributed by atoms with Crippen molar-refractivity contribution in [3.8, 4) is 28.8 Å². The van der Waals surface area contributed by atoms with Crippen LogP contribution in [0.3, 0.4) is 0 Å². The minimum Gasteiger partial charge on any atom is -0.492 e. The topological polar surface area (TPSA) is 120 Å². The predicted octanol–water partition coefficient (Wildman–Crippen LogP) is 3.11. The first kappa shape index (κ1) is 17.3. The number of nitrogens with two attached hydrogens (primary N) is 2. The number of ether oxygens (including phenoxy) is 2. The zero-order valence-electron chi connectivity index (χ0n) is 12.4. The van der Waals surface area contributed by atoms with Crippen LogP contribution in [0.25, 0.3) is 11.3 Å². The molecule has 1 aromatic heterocycles. The highest BCUT2D eigenvalue weighted by molar-refractivity contribution is 9.13. The fourth-order valence-electron chi connectivity index (χ4n) is 2.01. The van der Waals surface area contributed by atoms with Gasteiger partial charge in [-0.15, -0.1) is 0 Å². The van der Waals surface area contributed by atoms with Crippen molar-refractivity contribution in [3.63, 3.8) is 0 Å². The van der Waals surface area contributed by atoms with Gasteiger partial charge in [0, 0.05) is 10.0 Å². The zero-order valence-corrected chi connectivity index (χ0v) is 15.5. The molecular weight excluding hydrogens is 430 g/mol. The maximum absolute atomic E-state index is 9.35. The average Bonchev–Trinajstić information content (AvgIpc) is 2.50. The maximum atomic E-state index is 9.35. The van der Waals surface area contributed by atoms with E-state index in [1.165, 1.54) is 7.11 Å². The third kappa shape index (κ3) is 3.18. The molecule has 2 aromatic rings. The van der Waals surface area contributed by atoms with Gasteiger partial charge in [0.2, 0.25) is 5.95 Å². The maximum Gasteiger partial charge on any atom is 0.222 e. The van der Waals surface area contributed by atoms with E-state index in [4.69, 9.17) is 20.9 Å². The molecule has 2 rings (SSSR count). The average molecular weight is 443 g/mol. The molecule has 7 nitrogen and oxygen atoms in total. The van der Waals surface area contributed by atoms with Gasteiger partial charge in [0.1, 0.15) is 17.5 Å². The van der Waals surface area contributed by atoms with Crippen LogP contribution in [0.15, 0.2) is 15.0 Å². The molecule has 0 aliphatic heterocycles. The van der Waals surface area contributed by atoms with Crippen LogP contribution >= 0.6 is 31.9 Å².